The third kappa shape index (κ3) is 3.89. The molecule has 0 aliphatic carbocycles. The predicted octanol–water partition coefficient (Wildman–Crippen LogP) is 1.92. The summed E-state index contributed by atoms with van der Waals surface area (Å²) in [6.45, 7) is 6.49. The number of amides is 1. The minimum absolute atomic E-state index is 0.0405. The van der Waals surface area contributed by atoms with Gasteiger partial charge < -0.3 is 14.4 Å². The lowest BCUT2D eigenvalue weighted by atomic mass is 9.85. The maximum absolute atomic E-state index is 12.7. The lowest BCUT2D eigenvalue weighted by molar-refractivity contribution is -0.139. The Labute approximate surface area is 149 Å². The first-order valence-corrected chi connectivity index (χ1v) is 9.51. The standard InChI is InChI=1S/C20H28N2O3/c23-19(22-10-12-24-13-11-22)18-14-20(25-16-18)6-8-21(9-7-20)15-17-4-2-1-3-5-17/h1-5,18H,6-16H2/t18-/m1/s1. The Morgan fingerprint density at radius 2 is 1.80 bits per heavy atom. The van der Waals surface area contributed by atoms with Gasteiger partial charge >= 0.3 is 0 Å². The van der Waals surface area contributed by atoms with Crippen LogP contribution in [0.1, 0.15) is 24.8 Å². The fourth-order valence-corrected chi connectivity index (χ4v) is 4.35. The molecule has 5 nitrogen and oxygen atoms in total. The minimum Gasteiger partial charge on any atom is -0.378 e. The molecule has 25 heavy (non-hydrogen) atoms. The number of carbonyl (C=O) groups excluding carboxylic acids is 1. The Kier molecular flexibility index (Phi) is 5.06. The third-order valence-electron chi connectivity index (χ3n) is 5.90. The number of morpholine rings is 1. The molecule has 4 rings (SSSR count). The summed E-state index contributed by atoms with van der Waals surface area (Å²) in [5, 5.41) is 0. The molecule has 1 atom stereocenters. The zero-order valence-corrected chi connectivity index (χ0v) is 14.9. The van der Waals surface area contributed by atoms with E-state index in [-0.39, 0.29) is 17.4 Å². The minimum atomic E-state index is -0.0696. The van der Waals surface area contributed by atoms with Crippen LogP contribution in [0, 0.1) is 5.92 Å². The van der Waals surface area contributed by atoms with Crippen molar-refractivity contribution in [3.8, 4) is 0 Å². The van der Waals surface area contributed by atoms with Gasteiger partial charge in [0.2, 0.25) is 5.91 Å². The second-order valence-electron chi connectivity index (χ2n) is 7.59. The van der Waals surface area contributed by atoms with Crippen LogP contribution in [-0.2, 0) is 20.8 Å². The van der Waals surface area contributed by atoms with E-state index in [0.717, 1.165) is 52.0 Å². The van der Waals surface area contributed by atoms with Crippen molar-refractivity contribution in [2.75, 3.05) is 46.0 Å². The van der Waals surface area contributed by atoms with Crippen LogP contribution < -0.4 is 0 Å². The van der Waals surface area contributed by atoms with Gasteiger partial charge in [0.25, 0.3) is 0 Å². The van der Waals surface area contributed by atoms with Gasteiger partial charge in [0, 0.05) is 32.7 Å². The quantitative estimate of drug-likeness (QED) is 0.840. The summed E-state index contributed by atoms with van der Waals surface area (Å²) in [4.78, 5) is 17.2. The van der Waals surface area contributed by atoms with Crippen molar-refractivity contribution in [3.05, 3.63) is 35.9 Å². The summed E-state index contributed by atoms with van der Waals surface area (Å²) in [7, 11) is 0. The molecule has 0 N–H and O–H groups in total. The molecule has 3 heterocycles. The molecule has 3 aliphatic heterocycles. The van der Waals surface area contributed by atoms with Gasteiger partial charge in [-0.05, 0) is 24.8 Å². The molecule has 136 valence electrons. The van der Waals surface area contributed by atoms with Gasteiger partial charge in [-0.3, -0.25) is 9.69 Å². The zero-order chi connectivity index (χ0) is 17.1. The molecule has 1 amide bonds. The van der Waals surface area contributed by atoms with Gasteiger partial charge in [-0.15, -0.1) is 0 Å². The molecule has 1 aromatic carbocycles. The predicted molar refractivity (Wildman–Crippen MR) is 95.1 cm³/mol. The van der Waals surface area contributed by atoms with Crippen LogP contribution in [0.3, 0.4) is 0 Å². The van der Waals surface area contributed by atoms with Crippen LogP contribution in [0.25, 0.3) is 0 Å². The number of nitrogens with zero attached hydrogens (tertiary/aromatic N) is 2. The van der Waals surface area contributed by atoms with Crippen molar-refractivity contribution in [1.82, 2.24) is 9.80 Å². The van der Waals surface area contributed by atoms with Crippen LogP contribution in [0.5, 0.6) is 0 Å². The summed E-state index contributed by atoms with van der Waals surface area (Å²) < 4.78 is 11.6. The van der Waals surface area contributed by atoms with Crippen molar-refractivity contribution < 1.29 is 14.3 Å². The largest absolute Gasteiger partial charge is 0.378 e. The number of ether oxygens (including phenoxy) is 2. The molecule has 3 aliphatic rings. The molecule has 0 unspecified atom stereocenters. The topological polar surface area (TPSA) is 42.0 Å². The maximum Gasteiger partial charge on any atom is 0.228 e. The molecule has 1 aromatic rings. The van der Waals surface area contributed by atoms with E-state index in [0.29, 0.717) is 19.8 Å². The molecule has 3 fully saturated rings. The van der Waals surface area contributed by atoms with E-state index in [1.54, 1.807) is 0 Å². The Balaban J connectivity index is 1.29. The van der Waals surface area contributed by atoms with Crippen molar-refractivity contribution in [2.24, 2.45) is 5.92 Å². The Morgan fingerprint density at radius 1 is 1.08 bits per heavy atom. The number of piperidine rings is 1. The van der Waals surface area contributed by atoms with E-state index in [4.69, 9.17) is 9.47 Å². The maximum atomic E-state index is 12.7. The van der Waals surface area contributed by atoms with E-state index in [1.807, 2.05) is 4.90 Å². The van der Waals surface area contributed by atoms with Gasteiger partial charge in [-0.1, -0.05) is 30.3 Å². The van der Waals surface area contributed by atoms with E-state index in [2.05, 4.69) is 35.2 Å². The second kappa shape index (κ2) is 7.44. The fourth-order valence-electron chi connectivity index (χ4n) is 4.35. The number of likely N-dealkylation sites (tertiary alicyclic amines) is 1. The Hall–Kier alpha value is -1.43. The lowest BCUT2D eigenvalue weighted by Crippen LogP contribution is -2.45. The number of benzene rings is 1. The summed E-state index contributed by atoms with van der Waals surface area (Å²) in [5.41, 5.74) is 1.30. The molecular weight excluding hydrogens is 316 g/mol. The first-order chi connectivity index (χ1) is 12.2. The number of carbonyl (C=O) groups is 1. The monoisotopic (exact) mass is 344 g/mol. The highest BCUT2D eigenvalue weighted by Crippen LogP contribution is 2.39. The van der Waals surface area contributed by atoms with Gasteiger partial charge in [-0.2, -0.15) is 0 Å². The van der Waals surface area contributed by atoms with Crippen molar-refractivity contribution in [2.45, 2.75) is 31.4 Å². The second-order valence-corrected chi connectivity index (χ2v) is 7.59. The van der Waals surface area contributed by atoms with Crippen molar-refractivity contribution >= 4 is 5.91 Å². The molecule has 0 aromatic heterocycles. The van der Waals surface area contributed by atoms with E-state index in [1.165, 1.54) is 5.56 Å². The van der Waals surface area contributed by atoms with Crippen LogP contribution in [0.4, 0.5) is 0 Å². The number of hydrogen-bond donors (Lipinski definition) is 0. The van der Waals surface area contributed by atoms with Gasteiger partial charge in [0.1, 0.15) is 0 Å². The molecular formula is C20H28N2O3. The molecule has 1 spiro atoms. The van der Waals surface area contributed by atoms with E-state index >= 15 is 0 Å². The summed E-state index contributed by atoms with van der Waals surface area (Å²) in [5.74, 6) is 0.311. The van der Waals surface area contributed by atoms with Gasteiger partial charge in [0.05, 0.1) is 31.3 Å². The van der Waals surface area contributed by atoms with Crippen LogP contribution in [-0.4, -0.2) is 67.3 Å². The van der Waals surface area contributed by atoms with Crippen molar-refractivity contribution in [3.63, 3.8) is 0 Å². The average Bonchev–Trinajstić information content (AvgIpc) is 3.09. The summed E-state index contributed by atoms with van der Waals surface area (Å²) >= 11 is 0. The zero-order valence-electron chi connectivity index (χ0n) is 14.9. The van der Waals surface area contributed by atoms with Crippen molar-refractivity contribution in [1.29, 1.82) is 0 Å². The Morgan fingerprint density at radius 3 is 2.52 bits per heavy atom. The van der Waals surface area contributed by atoms with Gasteiger partial charge in [-0.25, -0.2) is 0 Å². The lowest BCUT2D eigenvalue weighted by Gasteiger charge is -2.39. The number of hydrogen-bond acceptors (Lipinski definition) is 4. The highest BCUT2D eigenvalue weighted by atomic mass is 16.5. The van der Waals surface area contributed by atoms with Crippen LogP contribution in [0.2, 0.25) is 0 Å². The summed E-state index contributed by atoms with van der Waals surface area (Å²) in [6.07, 6.45) is 2.96. The van der Waals surface area contributed by atoms with Gasteiger partial charge in [0.15, 0.2) is 0 Å². The Bertz CT molecular complexity index is 578. The average molecular weight is 344 g/mol. The highest BCUT2D eigenvalue weighted by Gasteiger charge is 2.45. The molecule has 0 bridgehead atoms. The molecule has 0 radical (unpaired) electrons. The highest BCUT2D eigenvalue weighted by molar-refractivity contribution is 5.79. The third-order valence-corrected chi connectivity index (χ3v) is 5.90. The first-order valence-electron chi connectivity index (χ1n) is 9.51. The van der Waals surface area contributed by atoms with E-state index < -0.39 is 0 Å². The summed E-state index contributed by atoms with van der Waals surface area (Å²) in [6, 6.07) is 10.6. The van der Waals surface area contributed by atoms with Crippen LogP contribution >= 0.6 is 0 Å². The SMILES string of the molecule is O=C([C@H]1COC2(CCN(Cc3ccccc3)CC2)C1)N1CCOCC1. The smallest absolute Gasteiger partial charge is 0.228 e. The molecule has 5 heteroatoms. The van der Waals surface area contributed by atoms with E-state index in [9.17, 15) is 4.79 Å². The van der Waals surface area contributed by atoms with Crippen LogP contribution in [0.15, 0.2) is 30.3 Å². The molecule has 0 saturated carbocycles. The fraction of sp³-hybridized carbons (Fsp3) is 0.650. The number of rotatable bonds is 3. The molecule has 3 saturated heterocycles. The normalized spacial score (nSPS) is 26.9. The first kappa shape index (κ1) is 17.0.